The number of aromatic nitrogens is 2. The van der Waals surface area contributed by atoms with E-state index < -0.39 is 12.1 Å². The van der Waals surface area contributed by atoms with E-state index in [-0.39, 0.29) is 12.3 Å². The summed E-state index contributed by atoms with van der Waals surface area (Å²) in [7, 11) is 1.60. The minimum Gasteiger partial charge on any atom is -0.393 e. The molecule has 0 aromatic carbocycles. The highest BCUT2D eigenvalue weighted by molar-refractivity contribution is 5.82. The van der Waals surface area contributed by atoms with Crippen molar-refractivity contribution in [2.75, 3.05) is 13.7 Å². The Balaban J connectivity index is 2.11. The third kappa shape index (κ3) is 11.1. The number of nitrogens with zero attached hydrogens (tertiary/aromatic N) is 2. The van der Waals surface area contributed by atoms with Gasteiger partial charge in [0.1, 0.15) is 11.8 Å². The second-order valence-electron chi connectivity index (χ2n) is 8.92. The van der Waals surface area contributed by atoms with E-state index in [0.29, 0.717) is 18.4 Å². The largest absolute Gasteiger partial charge is 0.393 e. The Labute approximate surface area is 194 Å². The van der Waals surface area contributed by atoms with E-state index in [1.54, 1.807) is 13.2 Å². The van der Waals surface area contributed by atoms with Crippen molar-refractivity contribution in [3.05, 3.63) is 30.4 Å². The highest BCUT2D eigenvalue weighted by atomic mass is 16.3. The van der Waals surface area contributed by atoms with Crippen LogP contribution in [0.2, 0.25) is 0 Å². The molecular formula is C26H45N3O3. The lowest BCUT2D eigenvalue weighted by Gasteiger charge is -2.35. The summed E-state index contributed by atoms with van der Waals surface area (Å²) >= 11 is 0. The molecule has 1 aromatic rings. The Hall–Kier alpha value is -1.95. The molecule has 0 fully saturated rings. The first-order chi connectivity index (χ1) is 15.6. The number of aromatic amines is 1. The Morgan fingerprint density at radius 1 is 1.03 bits per heavy atom. The van der Waals surface area contributed by atoms with Crippen LogP contribution in [0.5, 0.6) is 0 Å². The van der Waals surface area contributed by atoms with Crippen molar-refractivity contribution in [1.82, 2.24) is 14.9 Å². The molecule has 1 unspecified atom stereocenters. The summed E-state index contributed by atoms with van der Waals surface area (Å²) in [6.07, 6.45) is 24.8. The minimum absolute atomic E-state index is 0.104. The molecule has 0 aliphatic heterocycles. The predicted molar refractivity (Wildman–Crippen MR) is 130 cm³/mol. The molecule has 32 heavy (non-hydrogen) atoms. The number of likely N-dealkylation sites (N-methyl/N-ethyl adjacent to an activating group) is 1. The number of aliphatic hydroxyl groups excluding tert-OH is 1. The lowest BCUT2D eigenvalue weighted by molar-refractivity contribution is -0.142. The lowest BCUT2D eigenvalue weighted by Crippen LogP contribution is -2.55. The maximum Gasteiger partial charge on any atom is 0.223 e. The van der Waals surface area contributed by atoms with E-state index >= 15 is 0 Å². The van der Waals surface area contributed by atoms with E-state index in [0.717, 1.165) is 19.3 Å². The van der Waals surface area contributed by atoms with Crippen LogP contribution < -0.4 is 0 Å². The molecule has 6 nitrogen and oxygen atoms in total. The topological polar surface area (TPSA) is 86.3 Å². The number of nitrogens with one attached hydrogen (secondary N) is 1. The van der Waals surface area contributed by atoms with Crippen molar-refractivity contribution in [1.29, 1.82) is 0 Å². The summed E-state index contributed by atoms with van der Waals surface area (Å²) in [5, 5.41) is 9.83. The molecule has 0 bridgehead atoms. The highest BCUT2D eigenvalue weighted by Crippen LogP contribution is 2.19. The van der Waals surface area contributed by atoms with Crippen LogP contribution in [0.4, 0.5) is 0 Å². The van der Waals surface area contributed by atoms with Crippen LogP contribution in [0.1, 0.15) is 103 Å². The maximum atomic E-state index is 12.6. The second kappa shape index (κ2) is 17.6. The van der Waals surface area contributed by atoms with Gasteiger partial charge in [-0.3, -0.25) is 4.79 Å². The molecule has 182 valence electrons. The fourth-order valence-electron chi connectivity index (χ4n) is 3.91. The SMILES string of the molecule is CCCCCC/C=C\CCCCCCCCCC(=O)N(C)C(C=O)(CO)Cc1cnc[nH]1. The van der Waals surface area contributed by atoms with E-state index in [1.807, 2.05) is 0 Å². The van der Waals surface area contributed by atoms with Gasteiger partial charge in [0, 0.05) is 31.8 Å². The van der Waals surface area contributed by atoms with Gasteiger partial charge in [0.05, 0.1) is 12.9 Å². The molecule has 1 heterocycles. The molecule has 0 spiro atoms. The first kappa shape index (κ1) is 28.1. The molecule has 0 radical (unpaired) electrons. The number of amides is 1. The molecule has 1 rings (SSSR count). The molecule has 6 heteroatoms. The fourth-order valence-corrected chi connectivity index (χ4v) is 3.91. The number of carbonyl (C=O) groups excluding carboxylic acids is 2. The number of hydrogen-bond donors (Lipinski definition) is 2. The normalized spacial score (nSPS) is 13.3. The van der Waals surface area contributed by atoms with Gasteiger partial charge in [0.25, 0.3) is 0 Å². The van der Waals surface area contributed by atoms with Gasteiger partial charge in [0.2, 0.25) is 5.91 Å². The van der Waals surface area contributed by atoms with Crippen LogP contribution in [-0.4, -0.2) is 51.4 Å². The number of aldehydes is 1. The number of aliphatic hydroxyl groups is 1. The highest BCUT2D eigenvalue weighted by Gasteiger charge is 2.37. The third-order valence-corrected chi connectivity index (χ3v) is 6.24. The summed E-state index contributed by atoms with van der Waals surface area (Å²) in [6, 6.07) is 0. The van der Waals surface area contributed by atoms with Gasteiger partial charge in [-0.25, -0.2) is 4.98 Å². The minimum atomic E-state index is -1.24. The number of H-pyrrole nitrogens is 1. The molecule has 2 N–H and O–H groups in total. The zero-order valence-corrected chi connectivity index (χ0v) is 20.4. The summed E-state index contributed by atoms with van der Waals surface area (Å²) < 4.78 is 0. The van der Waals surface area contributed by atoms with Crippen molar-refractivity contribution in [3.8, 4) is 0 Å². The van der Waals surface area contributed by atoms with E-state index in [9.17, 15) is 14.7 Å². The Bertz CT molecular complexity index is 630. The van der Waals surface area contributed by atoms with Crippen LogP contribution in [0, 0.1) is 0 Å². The lowest BCUT2D eigenvalue weighted by atomic mass is 9.93. The second-order valence-corrected chi connectivity index (χ2v) is 8.92. The first-order valence-corrected chi connectivity index (χ1v) is 12.6. The van der Waals surface area contributed by atoms with Crippen molar-refractivity contribution >= 4 is 12.2 Å². The molecule has 0 aliphatic rings. The number of unbranched alkanes of at least 4 members (excludes halogenated alkanes) is 11. The summed E-state index contributed by atoms with van der Waals surface area (Å²) in [6.45, 7) is 1.84. The molecule has 1 atom stereocenters. The standard InChI is InChI=1S/C26H45N3O3/c1-3-4-5-6-7-8-9-10-11-12-13-14-15-16-17-18-25(32)29(2)26(21-30,22-31)19-24-20-27-23-28-24/h8-9,20-21,23,31H,3-7,10-19,22H2,1-2H3,(H,27,28)/b9-8-. The van der Waals surface area contributed by atoms with E-state index in [4.69, 9.17) is 0 Å². The molecule has 0 aliphatic carbocycles. The maximum absolute atomic E-state index is 12.6. The number of allylic oxidation sites excluding steroid dienone is 2. The van der Waals surface area contributed by atoms with Crippen molar-refractivity contribution in [2.45, 2.75) is 109 Å². The van der Waals surface area contributed by atoms with Crippen molar-refractivity contribution in [2.24, 2.45) is 0 Å². The average Bonchev–Trinajstić information content (AvgIpc) is 3.32. The fraction of sp³-hybridized carbons (Fsp3) is 0.731. The van der Waals surface area contributed by atoms with Crippen LogP contribution in [0.15, 0.2) is 24.7 Å². The average molecular weight is 448 g/mol. The van der Waals surface area contributed by atoms with Crippen LogP contribution >= 0.6 is 0 Å². The van der Waals surface area contributed by atoms with Gasteiger partial charge in [-0.15, -0.1) is 0 Å². The molecule has 1 aromatic heterocycles. The van der Waals surface area contributed by atoms with Gasteiger partial charge in [-0.2, -0.15) is 0 Å². The van der Waals surface area contributed by atoms with E-state index in [2.05, 4.69) is 29.0 Å². The smallest absolute Gasteiger partial charge is 0.223 e. The van der Waals surface area contributed by atoms with Crippen molar-refractivity contribution in [3.63, 3.8) is 0 Å². The number of rotatable bonds is 20. The summed E-state index contributed by atoms with van der Waals surface area (Å²) in [5.74, 6) is -0.104. The Kier molecular flexibility index (Phi) is 15.4. The first-order valence-electron chi connectivity index (χ1n) is 12.6. The van der Waals surface area contributed by atoms with E-state index in [1.165, 1.54) is 75.4 Å². The Morgan fingerprint density at radius 3 is 2.16 bits per heavy atom. The zero-order chi connectivity index (χ0) is 23.5. The van der Waals surface area contributed by atoms with Crippen LogP contribution in [0.3, 0.4) is 0 Å². The van der Waals surface area contributed by atoms with Gasteiger partial charge in [-0.1, -0.05) is 70.4 Å². The molecular weight excluding hydrogens is 402 g/mol. The monoisotopic (exact) mass is 447 g/mol. The molecule has 0 saturated heterocycles. The number of carbonyl (C=O) groups is 2. The van der Waals surface area contributed by atoms with Crippen molar-refractivity contribution < 1.29 is 14.7 Å². The summed E-state index contributed by atoms with van der Waals surface area (Å²) in [5.41, 5.74) is -0.527. The van der Waals surface area contributed by atoms with Crippen LogP contribution in [-0.2, 0) is 16.0 Å². The number of hydrogen-bond acceptors (Lipinski definition) is 4. The number of imidazole rings is 1. The Morgan fingerprint density at radius 2 is 1.62 bits per heavy atom. The zero-order valence-electron chi connectivity index (χ0n) is 20.4. The quantitative estimate of drug-likeness (QED) is 0.160. The molecule has 0 saturated carbocycles. The molecule has 1 amide bonds. The van der Waals surface area contributed by atoms with Crippen LogP contribution in [0.25, 0.3) is 0 Å². The van der Waals surface area contributed by atoms with Gasteiger partial charge >= 0.3 is 0 Å². The van der Waals surface area contributed by atoms with Gasteiger partial charge < -0.3 is 19.8 Å². The van der Waals surface area contributed by atoms with Gasteiger partial charge in [-0.05, 0) is 32.1 Å². The predicted octanol–water partition coefficient (Wildman–Crippen LogP) is 5.38. The third-order valence-electron chi connectivity index (χ3n) is 6.24. The summed E-state index contributed by atoms with van der Waals surface area (Å²) in [4.78, 5) is 32.6. The van der Waals surface area contributed by atoms with Gasteiger partial charge in [0.15, 0.2) is 0 Å².